The normalized spacial score (nSPS) is 18.6. The van der Waals surface area contributed by atoms with Crippen LogP contribution in [-0.2, 0) is 9.59 Å². The molecule has 0 radical (unpaired) electrons. The Kier molecular flexibility index (Phi) is 6.63. The number of Topliss-reactive ketones (excluding diaryl/α,β-unsaturated/α-hetero) is 1. The summed E-state index contributed by atoms with van der Waals surface area (Å²) in [5.41, 5.74) is 4.23. The van der Waals surface area contributed by atoms with Crippen molar-refractivity contribution in [3.05, 3.63) is 95.7 Å². The van der Waals surface area contributed by atoms with E-state index in [4.69, 9.17) is 4.74 Å². The summed E-state index contributed by atoms with van der Waals surface area (Å²) in [5, 5.41) is 3.58. The number of anilines is 2. The van der Waals surface area contributed by atoms with Crippen LogP contribution in [0.1, 0.15) is 38.3 Å². The van der Waals surface area contributed by atoms with Gasteiger partial charge in [-0.15, -0.1) is 11.8 Å². The lowest BCUT2D eigenvalue weighted by molar-refractivity contribution is -0.133. The van der Waals surface area contributed by atoms with Gasteiger partial charge in [-0.3, -0.25) is 4.79 Å². The Morgan fingerprint density at radius 3 is 2.42 bits per heavy atom. The van der Waals surface area contributed by atoms with Gasteiger partial charge in [0.1, 0.15) is 12.3 Å². The molecule has 0 aromatic heterocycles. The molecule has 0 fully saturated rings. The standard InChI is InChI=1S/C30H30N2O3S/c1-30(2)17-24-28(26(33)18-30)29(20-13-15-22(36-3)16-14-20)32(25-12-8-7-11-23(25)31-24)19-27(34)35-21-9-5-4-6-10-21/h4-16,29,31H,17-19H2,1-3H3/t29-/m1/s1. The Bertz CT molecular complexity index is 1320. The fraction of sp³-hybridized carbons (Fsp3) is 0.267. The average molecular weight is 499 g/mol. The van der Waals surface area contributed by atoms with Crippen LogP contribution in [0.5, 0.6) is 5.75 Å². The third kappa shape index (κ3) is 4.91. The summed E-state index contributed by atoms with van der Waals surface area (Å²) < 4.78 is 5.68. The number of allylic oxidation sites excluding steroid dienone is 1. The Labute approximate surface area is 216 Å². The number of ether oxygens (including phenoxy) is 1. The number of nitrogens with one attached hydrogen (secondary N) is 1. The number of nitrogens with zero attached hydrogens (tertiary/aromatic N) is 1. The zero-order chi connectivity index (χ0) is 25.3. The average Bonchev–Trinajstić information content (AvgIpc) is 2.98. The van der Waals surface area contributed by atoms with Crippen LogP contribution in [0.3, 0.4) is 0 Å². The van der Waals surface area contributed by atoms with E-state index in [1.165, 1.54) is 0 Å². The molecule has 1 aliphatic heterocycles. The van der Waals surface area contributed by atoms with Crippen LogP contribution in [-0.4, -0.2) is 24.6 Å². The van der Waals surface area contributed by atoms with Crippen molar-refractivity contribution >= 4 is 34.9 Å². The Morgan fingerprint density at radius 2 is 1.69 bits per heavy atom. The SMILES string of the molecule is CSc1ccc([C@@H]2C3=C(CC(C)(C)CC3=O)Nc3ccccc3N2CC(=O)Oc2ccccc2)cc1. The summed E-state index contributed by atoms with van der Waals surface area (Å²) in [6.07, 6.45) is 3.26. The van der Waals surface area contributed by atoms with Crippen LogP contribution in [0.25, 0.3) is 0 Å². The number of benzene rings is 3. The maximum absolute atomic E-state index is 13.7. The van der Waals surface area contributed by atoms with Gasteiger partial charge in [0.15, 0.2) is 5.78 Å². The molecule has 0 saturated heterocycles. The molecule has 5 nitrogen and oxygen atoms in total. The molecule has 36 heavy (non-hydrogen) atoms. The number of para-hydroxylation sites is 3. The predicted octanol–water partition coefficient (Wildman–Crippen LogP) is 6.63. The van der Waals surface area contributed by atoms with Gasteiger partial charge in [-0.1, -0.05) is 56.3 Å². The van der Waals surface area contributed by atoms with E-state index in [2.05, 4.69) is 43.4 Å². The van der Waals surface area contributed by atoms with Gasteiger partial charge in [-0.2, -0.15) is 0 Å². The van der Waals surface area contributed by atoms with E-state index in [0.717, 1.165) is 39.5 Å². The molecule has 0 unspecified atom stereocenters. The van der Waals surface area contributed by atoms with E-state index in [-0.39, 0.29) is 23.7 Å². The van der Waals surface area contributed by atoms with E-state index in [9.17, 15) is 9.59 Å². The molecule has 3 aromatic carbocycles. The number of fused-ring (bicyclic) bond motifs is 1. The molecule has 1 aliphatic carbocycles. The summed E-state index contributed by atoms with van der Waals surface area (Å²) in [4.78, 5) is 30.1. The van der Waals surface area contributed by atoms with Crippen molar-refractivity contribution in [1.29, 1.82) is 0 Å². The Morgan fingerprint density at radius 1 is 1.00 bits per heavy atom. The van der Waals surface area contributed by atoms with E-state index in [1.54, 1.807) is 23.9 Å². The highest BCUT2D eigenvalue weighted by atomic mass is 32.2. The quantitative estimate of drug-likeness (QED) is 0.242. The molecule has 184 valence electrons. The molecule has 1 atom stereocenters. The summed E-state index contributed by atoms with van der Waals surface area (Å²) in [7, 11) is 0. The first-order valence-corrected chi connectivity index (χ1v) is 13.4. The fourth-order valence-corrected chi connectivity index (χ4v) is 5.56. The van der Waals surface area contributed by atoms with Gasteiger partial charge in [-0.25, -0.2) is 4.79 Å². The van der Waals surface area contributed by atoms with Crippen LogP contribution in [0, 0.1) is 5.41 Å². The van der Waals surface area contributed by atoms with E-state index >= 15 is 0 Å². The number of hydrogen-bond donors (Lipinski definition) is 1. The second-order valence-electron chi connectivity index (χ2n) is 10.1. The molecule has 5 rings (SSSR count). The molecule has 1 heterocycles. The van der Waals surface area contributed by atoms with Crippen molar-refractivity contribution in [2.75, 3.05) is 23.0 Å². The third-order valence-electron chi connectivity index (χ3n) is 6.71. The molecule has 0 amide bonds. The molecule has 6 heteroatoms. The molecular formula is C30H30N2O3S. The van der Waals surface area contributed by atoms with E-state index in [0.29, 0.717) is 12.2 Å². The van der Waals surface area contributed by atoms with Crippen molar-refractivity contribution in [2.45, 2.75) is 37.6 Å². The summed E-state index contributed by atoms with van der Waals surface area (Å²) in [6, 6.07) is 24.9. The number of thioether (sulfide) groups is 1. The Balaban J connectivity index is 1.64. The number of esters is 1. The number of carbonyl (C=O) groups is 2. The maximum Gasteiger partial charge on any atom is 0.330 e. The minimum absolute atomic E-state index is 0.00398. The number of rotatable bonds is 5. The second-order valence-corrected chi connectivity index (χ2v) is 10.9. The summed E-state index contributed by atoms with van der Waals surface area (Å²) >= 11 is 1.67. The lowest BCUT2D eigenvalue weighted by Crippen LogP contribution is -2.39. The fourth-order valence-electron chi connectivity index (χ4n) is 5.15. The van der Waals surface area contributed by atoms with E-state index < -0.39 is 6.04 Å². The molecule has 0 saturated carbocycles. The summed E-state index contributed by atoms with van der Waals surface area (Å²) in [5.74, 6) is 0.233. The van der Waals surface area contributed by atoms with Crippen molar-refractivity contribution in [2.24, 2.45) is 5.41 Å². The largest absolute Gasteiger partial charge is 0.425 e. The molecule has 0 spiro atoms. The molecule has 3 aromatic rings. The van der Waals surface area contributed by atoms with Crippen LogP contribution >= 0.6 is 11.8 Å². The summed E-state index contributed by atoms with van der Waals surface area (Å²) in [6.45, 7) is 4.25. The second kappa shape index (κ2) is 9.86. The highest BCUT2D eigenvalue weighted by Gasteiger charge is 2.42. The molecular weight excluding hydrogens is 468 g/mol. The minimum Gasteiger partial charge on any atom is -0.425 e. The predicted molar refractivity (Wildman–Crippen MR) is 145 cm³/mol. The van der Waals surface area contributed by atoms with Crippen molar-refractivity contribution in [3.63, 3.8) is 0 Å². The van der Waals surface area contributed by atoms with Gasteiger partial charge in [0.25, 0.3) is 0 Å². The van der Waals surface area contributed by atoms with Crippen molar-refractivity contribution < 1.29 is 14.3 Å². The highest BCUT2D eigenvalue weighted by molar-refractivity contribution is 7.98. The van der Waals surface area contributed by atoms with Crippen LogP contribution in [0.2, 0.25) is 0 Å². The van der Waals surface area contributed by atoms with Gasteiger partial charge in [-0.05, 0) is 60.1 Å². The van der Waals surface area contributed by atoms with Crippen LogP contribution < -0.4 is 15.0 Å². The molecule has 1 N–H and O–H groups in total. The zero-order valence-corrected chi connectivity index (χ0v) is 21.6. The van der Waals surface area contributed by atoms with E-state index in [1.807, 2.05) is 53.6 Å². The van der Waals surface area contributed by atoms with Gasteiger partial charge < -0.3 is 15.0 Å². The first kappa shape index (κ1) is 24.2. The van der Waals surface area contributed by atoms with Crippen molar-refractivity contribution in [3.8, 4) is 5.75 Å². The number of carbonyl (C=O) groups excluding carboxylic acids is 2. The third-order valence-corrected chi connectivity index (χ3v) is 7.45. The first-order valence-electron chi connectivity index (χ1n) is 12.1. The zero-order valence-electron chi connectivity index (χ0n) is 20.8. The molecule has 0 bridgehead atoms. The van der Waals surface area contributed by atoms with Gasteiger partial charge in [0.2, 0.25) is 0 Å². The smallest absolute Gasteiger partial charge is 0.330 e. The van der Waals surface area contributed by atoms with Gasteiger partial charge in [0.05, 0.1) is 17.4 Å². The minimum atomic E-state index is -0.418. The topological polar surface area (TPSA) is 58.6 Å². The van der Waals surface area contributed by atoms with Gasteiger partial charge in [0, 0.05) is 22.6 Å². The van der Waals surface area contributed by atoms with Crippen LogP contribution in [0.15, 0.2) is 95.0 Å². The number of ketones is 1. The first-order chi connectivity index (χ1) is 17.3. The molecule has 2 aliphatic rings. The van der Waals surface area contributed by atoms with Crippen molar-refractivity contribution in [1.82, 2.24) is 0 Å². The van der Waals surface area contributed by atoms with Gasteiger partial charge >= 0.3 is 5.97 Å². The lowest BCUT2D eigenvalue weighted by Gasteiger charge is -2.37. The van der Waals surface area contributed by atoms with Crippen LogP contribution in [0.4, 0.5) is 11.4 Å². The Hall–Kier alpha value is -3.51. The highest BCUT2D eigenvalue weighted by Crippen LogP contribution is 2.48. The maximum atomic E-state index is 13.7. The lowest BCUT2D eigenvalue weighted by atomic mass is 9.73. The number of hydrogen-bond acceptors (Lipinski definition) is 6. The monoisotopic (exact) mass is 498 g/mol.